The van der Waals surface area contributed by atoms with Crippen molar-refractivity contribution in [2.24, 2.45) is 0 Å². The minimum atomic E-state index is 0.622. The predicted molar refractivity (Wildman–Crippen MR) is 458 cm³/mol. The molecule has 7 aromatic heterocycles. The molecule has 2 aliphatic carbocycles. The molecule has 0 radical (unpaired) electrons. The summed E-state index contributed by atoms with van der Waals surface area (Å²) in [7, 11) is 0. The van der Waals surface area contributed by atoms with Crippen LogP contribution in [0.4, 0.5) is 0 Å². The molecular formula is C103H61N9. The monoisotopic (exact) mass is 1420 g/mol. The molecule has 0 saturated carbocycles. The second-order valence-electron chi connectivity index (χ2n) is 29.1. The van der Waals surface area contributed by atoms with Gasteiger partial charge in [-0.15, -0.1) is 0 Å². The number of aromatic nitrogens is 9. The summed E-state index contributed by atoms with van der Waals surface area (Å²) in [6.07, 6.45) is 9.37. The summed E-state index contributed by atoms with van der Waals surface area (Å²) in [5.41, 5.74) is 34.2. The largest absolute Gasteiger partial charge is 0.309 e. The number of pyridine rings is 3. The Hall–Kier alpha value is -15.2. The Bertz CT molecular complexity index is 7420. The number of hydrogen-bond acceptors (Lipinski definition) is 7. The lowest BCUT2D eigenvalue weighted by Crippen LogP contribution is -1.98. The van der Waals surface area contributed by atoms with Gasteiger partial charge in [0.15, 0.2) is 11.6 Å². The van der Waals surface area contributed by atoms with E-state index in [9.17, 15) is 0 Å². The second-order valence-corrected chi connectivity index (χ2v) is 29.1. The predicted octanol–water partition coefficient (Wildman–Crippen LogP) is 25.9. The highest BCUT2D eigenvalue weighted by Gasteiger charge is 2.30. The molecule has 0 fully saturated rings. The van der Waals surface area contributed by atoms with Gasteiger partial charge in [0.2, 0.25) is 0 Å². The molecule has 0 bridgehead atoms. The van der Waals surface area contributed by atoms with Crippen molar-refractivity contribution in [1.29, 1.82) is 0 Å². The zero-order chi connectivity index (χ0) is 73.5. The highest BCUT2D eigenvalue weighted by Crippen LogP contribution is 2.54. The minimum Gasteiger partial charge on any atom is -0.309 e. The Morgan fingerprint density at radius 3 is 1.12 bits per heavy atom. The maximum absolute atomic E-state index is 5.37. The van der Waals surface area contributed by atoms with Gasteiger partial charge in [0, 0.05) is 120 Å². The number of benzene rings is 14. The molecule has 0 saturated heterocycles. The molecular weight excluding hydrogens is 1360 g/mol. The number of fused-ring (bicyclic) bond motifs is 14. The van der Waals surface area contributed by atoms with Crippen molar-refractivity contribution in [1.82, 2.24) is 44.0 Å². The van der Waals surface area contributed by atoms with Crippen molar-refractivity contribution < 1.29 is 0 Å². The van der Waals surface area contributed by atoms with Crippen LogP contribution in [0.5, 0.6) is 0 Å². The molecule has 7 heterocycles. The molecule has 0 N–H and O–H groups in total. The summed E-state index contributed by atoms with van der Waals surface area (Å²) in [6, 6.07) is 122. The van der Waals surface area contributed by atoms with Gasteiger partial charge >= 0.3 is 0 Å². The van der Waals surface area contributed by atoms with Gasteiger partial charge in [-0.25, -0.2) is 19.9 Å². The van der Waals surface area contributed by atoms with Gasteiger partial charge in [-0.3, -0.25) is 15.0 Å². The van der Waals surface area contributed by atoms with Gasteiger partial charge in [-0.2, -0.15) is 0 Å². The first-order valence-corrected chi connectivity index (χ1v) is 37.9. The SMILES string of the molecule is c1ccc(-c2nc(-c3ccc(-c4ccnc(-c5cncc(-c6ccc(-c7nc(-c8ccc(-c9cccnc9)cc8)cc(-c8ccc(-n9c%10ccccc%10c%10ccc%11c(c%109)-c9cccc%10cccc-%11c9%10)cc8)n7)cc6)c5)c4)cc3)cc(-c3ccc(-n4c5ccccc5c5ccc6c(c54)-c4cccc5cccc-6c45)cc3)n2)cc1. The molecule has 518 valence electrons. The van der Waals surface area contributed by atoms with E-state index in [1.807, 2.05) is 49.1 Å². The average molecular weight is 1420 g/mol. The molecule has 0 amide bonds. The molecule has 0 atom stereocenters. The van der Waals surface area contributed by atoms with Crippen LogP contribution in [-0.4, -0.2) is 44.0 Å². The summed E-state index contributed by atoms with van der Waals surface area (Å²) < 4.78 is 4.90. The minimum absolute atomic E-state index is 0.622. The van der Waals surface area contributed by atoms with Crippen molar-refractivity contribution in [3.63, 3.8) is 0 Å². The molecule has 14 aromatic carbocycles. The Morgan fingerprint density at radius 1 is 0.214 bits per heavy atom. The zero-order valence-electron chi connectivity index (χ0n) is 60.2. The number of nitrogens with zero attached hydrogens (tertiary/aromatic N) is 9. The van der Waals surface area contributed by atoms with Crippen LogP contribution >= 0.6 is 0 Å². The van der Waals surface area contributed by atoms with Crippen molar-refractivity contribution in [2.75, 3.05) is 0 Å². The number of para-hydroxylation sites is 2. The van der Waals surface area contributed by atoms with E-state index < -0.39 is 0 Å². The normalized spacial score (nSPS) is 11.9. The lowest BCUT2D eigenvalue weighted by molar-refractivity contribution is 1.17. The van der Waals surface area contributed by atoms with E-state index in [2.05, 4.69) is 330 Å². The first-order valence-electron chi connectivity index (χ1n) is 37.9. The molecule has 23 rings (SSSR count). The van der Waals surface area contributed by atoms with Crippen molar-refractivity contribution >= 4 is 65.2 Å². The summed E-state index contributed by atoms with van der Waals surface area (Å²) >= 11 is 0. The van der Waals surface area contributed by atoms with Crippen molar-refractivity contribution in [2.45, 2.75) is 0 Å². The first-order chi connectivity index (χ1) is 55.5. The Labute approximate surface area is 644 Å². The number of hydrogen-bond donors (Lipinski definition) is 0. The van der Waals surface area contributed by atoms with Crippen molar-refractivity contribution in [3.8, 4) is 168 Å². The highest BCUT2D eigenvalue weighted by atomic mass is 15.0. The van der Waals surface area contributed by atoms with Crippen LogP contribution in [0.2, 0.25) is 0 Å². The lowest BCUT2D eigenvalue weighted by atomic mass is 9.99. The van der Waals surface area contributed by atoms with Crippen LogP contribution in [-0.2, 0) is 0 Å². The van der Waals surface area contributed by atoms with Gasteiger partial charge in [-0.1, -0.05) is 267 Å². The van der Waals surface area contributed by atoms with Crippen LogP contribution in [0.15, 0.2) is 371 Å². The van der Waals surface area contributed by atoms with E-state index in [1.165, 1.54) is 104 Å². The van der Waals surface area contributed by atoms with Gasteiger partial charge in [-0.05, 0) is 156 Å². The third-order valence-corrected chi connectivity index (χ3v) is 22.9. The van der Waals surface area contributed by atoms with Gasteiger partial charge < -0.3 is 9.13 Å². The van der Waals surface area contributed by atoms with Crippen LogP contribution in [0, 0.1) is 0 Å². The van der Waals surface area contributed by atoms with E-state index in [0.717, 1.165) is 118 Å². The maximum atomic E-state index is 5.37. The fourth-order valence-electron chi connectivity index (χ4n) is 17.6. The summed E-state index contributed by atoms with van der Waals surface area (Å²) in [4.78, 5) is 35.3. The Kier molecular flexibility index (Phi) is 14.2. The topological polar surface area (TPSA) is 100 Å². The van der Waals surface area contributed by atoms with Crippen LogP contribution in [0.1, 0.15) is 0 Å². The number of rotatable bonds is 12. The smallest absolute Gasteiger partial charge is 0.160 e. The molecule has 0 aliphatic heterocycles. The second kappa shape index (κ2) is 25.2. The average Bonchev–Trinajstić information content (AvgIpc) is 1.55. The third kappa shape index (κ3) is 10.1. The Morgan fingerprint density at radius 2 is 0.625 bits per heavy atom. The lowest BCUT2D eigenvalue weighted by Gasteiger charge is -2.14. The van der Waals surface area contributed by atoms with Gasteiger partial charge in [0.1, 0.15) is 0 Å². The maximum Gasteiger partial charge on any atom is 0.160 e. The van der Waals surface area contributed by atoms with E-state index in [0.29, 0.717) is 11.6 Å². The highest BCUT2D eigenvalue weighted by molar-refractivity contribution is 6.26. The van der Waals surface area contributed by atoms with E-state index >= 15 is 0 Å². The fraction of sp³-hybridized carbons (Fsp3) is 0. The van der Waals surface area contributed by atoms with E-state index in [-0.39, 0.29) is 0 Å². The molecule has 0 unspecified atom stereocenters. The van der Waals surface area contributed by atoms with E-state index in [4.69, 9.17) is 29.9 Å². The first kappa shape index (κ1) is 63.0. The molecule has 9 nitrogen and oxygen atoms in total. The van der Waals surface area contributed by atoms with Crippen molar-refractivity contribution in [3.05, 3.63) is 371 Å². The summed E-state index contributed by atoms with van der Waals surface area (Å²) in [6.45, 7) is 0. The van der Waals surface area contributed by atoms with Crippen LogP contribution in [0.25, 0.3) is 233 Å². The standard InChI is InChI=1S/C103H61N9/c1-2-13-71(14-3-1)102-107-90(57-92(108-102)67-40-44-77(45-41-67)111-94-26-6-4-20-79(94)85-50-48-83-81-22-8-15-69-17-10-24-87(96(69)81)98(83)100(85)111)65-34-28-62(29-35-65)73-52-54-106-89(56-73)76-55-75(60-105-61-76)64-32-38-72(39-33-64)103-109-91(66-36-30-63(31-37-66)74-19-12-53-104-59-74)58-93(110-103)68-42-46-78(47-43-68)112-95-27-7-5-21-80(95)86-51-49-84-82-23-9-16-70-18-11-25-88(97(70)82)99(84)101(86)112/h1-61H. The Balaban J connectivity index is 0.542. The van der Waals surface area contributed by atoms with E-state index in [1.54, 1.807) is 6.20 Å². The molecule has 112 heavy (non-hydrogen) atoms. The van der Waals surface area contributed by atoms with Crippen LogP contribution < -0.4 is 0 Å². The van der Waals surface area contributed by atoms with Gasteiger partial charge in [0.25, 0.3) is 0 Å². The fourth-order valence-corrected chi connectivity index (χ4v) is 17.6. The molecule has 2 aliphatic rings. The molecule has 9 heteroatoms. The summed E-state index contributed by atoms with van der Waals surface area (Å²) in [5, 5.41) is 10.1. The zero-order valence-corrected chi connectivity index (χ0v) is 60.2. The van der Waals surface area contributed by atoms with Gasteiger partial charge in [0.05, 0.1) is 50.5 Å². The molecule has 21 aromatic rings. The summed E-state index contributed by atoms with van der Waals surface area (Å²) in [5.74, 6) is 1.28. The molecule has 0 spiro atoms. The van der Waals surface area contributed by atoms with Crippen LogP contribution in [0.3, 0.4) is 0 Å². The third-order valence-electron chi connectivity index (χ3n) is 22.9. The quantitative estimate of drug-likeness (QED) is 0.120.